The molecule has 0 amide bonds. The molecule has 84 valence electrons. The standard InChI is InChI=1S/C11H12BrN3S/c1-7-3-4-16-9(7)6-13-11-5-10(12)14-8(2)15-11/h3-5H,6H2,1-2H3,(H,13,14,15). The first-order valence-corrected chi connectivity index (χ1v) is 6.60. The summed E-state index contributed by atoms with van der Waals surface area (Å²) in [6.07, 6.45) is 0. The fourth-order valence-corrected chi connectivity index (χ4v) is 2.70. The maximum Gasteiger partial charge on any atom is 0.131 e. The van der Waals surface area contributed by atoms with Gasteiger partial charge >= 0.3 is 0 Å². The van der Waals surface area contributed by atoms with Crippen LogP contribution in [0.1, 0.15) is 16.3 Å². The number of rotatable bonds is 3. The largest absolute Gasteiger partial charge is 0.365 e. The summed E-state index contributed by atoms with van der Waals surface area (Å²) in [6, 6.07) is 4.01. The number of thiophene rings is 1. The molecule has 3 nitrogen and oxygen atoms in total. The molecule has 2 aromatic rings. The summed E-state index contributed by atoms with van der Waals surface area (Å²) >= 11 is 5.12. The highest BCUT2D eigenvalue weighted by Gasteiger charge is 2.02. The van der Waals surface area contributed by atoms with Crippen LogP contribution in [0, 0.1) is 13.8 Å². The first-order valence-electron chi connectivity index (χ1n) is 4.93. The molecule has 0 atom stereocenters. The first-order chi connectivity index (χ1) is 7.65. The molecule has 0 radical (unpaired) electrons. The van der Waals surface area contributed by atoms with E-state index in [1.54, 1.807) is 11.3 Å². The van der Waals surface area contributed by atoms with Crippen LogP contribution in [-0.4, -0.2) is 9.97 Å². The van der Waals surface area contributed by atoms with Crippen molar-refractivity contribution in [3.8, 4) is 0 Å². The van der Waals surface area contributed by atoms with Crippen molar-refractivity contribution >= 4 is 33.1 Å². The van der Waals surface area contributed by atoms with Crippen molar-refractivity contribution in [3.05, 3.63) is 38.4 Å². The summed E-state index contributed by atoms with van der Waals surface area (Å²) in [5.41, 5.74) is 1.32. The summed E-state index contributed by atoms with van der Waals surface area (Å²) in [7, 11) is 0. The smallest absolute Gasteiger partial charge is 0.131 e. The molecule has 0 unspecified atom stereocenters. The molecule has 2 rings (SSSR count). The maximum absolute atomic E-state index is 4.32. The lowest BCUT2D eigenvalue weighted by Gasteiger charge is -2.06. The summed E-state index contributed by atoms with van der Waals surface area (Å²) < 4.78 is 0.811. The third-order valence-corrected chi connectivity index (χ3v) is 3.63. The van der Waals surface area contributed by atoms with Crippen LogP contribution in [0.5, 0.6) is 0 Å². The Bertz CT molecular complexity index is 475. The van der Waals surface area contributed by atoms with Crippen molar-refractivity contribution in [2.24, 2.45) is 0 Å². The molecule has 2 heterocycles. The van der Waals surface area contributed by atoms with Crippen LogP contribution in [0.2, 0.25) is 0 Å². The number of nitrogens with one attached hydrogen (secondary N) is 1. The molecule has 5 heteroatoms. The summed E-state index contributed by atoms with van der Waals surface area (Å²) in [5, 5.41) is 5.40. The number of anilines is 1. The highest BCUT2D eigenvalue weighted by molar-refractivity contribution is 9.10. The maximum atomic E-state index is 4.32. The number of aryl methyl sites for hydroxylation is 2. The van der Waals surface area contributed by atoms with E-state index in [1.807, 2.05) is 13.0 Å². The Kier molecular flexibility index (Phi) is 3.56. The van der Waals surface area contributed by atoms with Crippen LogP contribution >= 0.6 is 27.3 Å². The molecule has 0 aliphatic heterocycles. The van der Waals surface area contributed by atoms with Gasteiger partial charge in [-0.25, -0.2) is 9.97 Å². The minimum absolute atomic E-state index is 0.764. The average molecular weight is 298 g/mol. The zero-order valence-electron chi connectivity index (χ0n) is 9.12. The van der Waals surface area contributed by atoms with E-state index in [2.05, 4.69) is 49.6 Å². The van der Waals surface area contributed by atoms with Gasteiger partial charge in [0.25, 0.3) is 0 Å². The van der Waals surface area contributed by atoms with Gasteiger partial charge in [-0.1, -0.05) is 0 Å². The van der Waals surface area contributed by atoms with Gasteiger partial charge in [0.2, 0.25) is 0 Å². The van der Waals surface area contributed by atoms with Crippen LogP contribution in [0.4, 0.5) is 5.82 Å². The van der Waals surface area contributed by atoms with Gasteiger partial charge in [-0.2, -0.15) is 0 Å². The van der Waals surface area contributed by atoms with Gasteiger partial charge in [-0.15, -0.1) is 11.3 Å². The minimum Gasteiger partial charge on any atom is -0.365 e. The molecule has 0 saturated carbocycles. The molecule has 0 bridgehead atoms. The van der Waals surface area contributed by atoms with Gasteiger partial charge in [0.15, 0.2) is 0 Å². The van der Waals surface area contributed by atoms with E-state index < -0.39 is 0 Å². The van der Waals surface area contributed by atoms with E-state index >= 15 is 0 Å². The predicted molar refractivity (Wildman–Crippen MR) is 70.9 cm³/mol. The zero-order chi connectivity index (χ0) is 11.5. The van der Waals surface area contributed by atoms with Gasteiger partial charge in [0.05, 0.1) is 6.54 Å². The predicted octanol–water partition coefficient (Wildman–Crippen LogP) is 3.53. The Balaban J connectivity index is 2.07. The minimum atomic E-state index is 0.764. The Labute approximate surface area is 107 Å². The van der Waals surface area contributed by atoms with E-state index in [-0.39, 0.29) is 0 Å². The van der Waals surface area contributed by atoms with Crippen molar-refractivity contribution in [3.63, 3.8) is 0 Å². The Morgan fingerprint density at radius 3 is 2.81 bits per heavy atom. The highest BCUT2D eigenvalue weighted by Crippen LogP contribution is 2.18. The summed E-state index contributed by atoms with van der Waals surface area (Å²) in [6.45, 7) is 4.81. The van der Waals surface area contributed by atoms with E-state index in [4.69, 9.17) is 0 Å². The lowest BCUT2D eigenvalue weighted by Crippen LogP contribution is -2.02. The number of aromatic nitrogens is 2. The molecule has 0 saturated heterocycles. The van der Waals surface area contributed by atoms with Crippen LogP contribution < -0.4 is 5.32 Å². The molecular formula is C11H12BrN3S. The van der Waals surface area contributed by atoms with Gasteiger partial charge in [-0.05, 0) is 46.8 Å². The van der Waals surface area contributed by atoms with Crippen molar-refractivity contribution < 1.29 is 0 Å². The van der Waals surface area contributed by atoms with Gasteiger partial charge in [0, 0.05) is 10.9 Å². The second-order valence-electron chi connectivity index (χ2n) is 3.50. The second kappa shape index (κ2) is 4.93. The molecule has 16 heavy (non-hydrogen) atoms. The summed E-state index contributed by atoms with van der Waals surface area (Å²) in [4.78, 5) is 9.82. The van der Waals surface area contributed by atoms with Crippen molar-refractivity contribution in [1.82, 2.24) is 9.97 Å². The third-order valence-electron chi connectivity index (χ3n) is 2.20. The van der Waals surface area contributed by atoms with Crippen LogP contribution in [0.3, 0.4) is 0 Å². The lowest BCUT2D eigenvalue weighted by atomic mass is 10.3. The fraction of sp³-hybridized carbons (Fsp3) is 0.273. The van der Waals surface area contributed by atoms with Crippen LogP contribution in [-0.2, 0) is 6.54 Å². The Hall–Kier alpha value is -0.940. The molecule has 0 aliphatic rings. The third kappa shape index (κ3) is 2.80. The van der Waals surface area contributed by atoms with Crippen LogP contribution in [0.15, 0.2) is 22.1 Å². The lowest BCUT2D eigenvalue weighted by molar-refractivity contribution is 1.01. The summed E-state index contributed by atoms with van der Waals surface area (Å²) in [5.74, 6) is 1.62. The molecule has 1 N–H and O–H groups in total. The normalized spacial score (nSPS) is 10.4. The van der Waals surface area contributed by atoms with E-state index in [0.29, 0.717) is 0 Å². The SMILES string of the molecule is Cc1nc(Br)cc(NCc2sccc2C)n1. The van der Waals surface area contributed by atoms with Gasteiger partial charge in [0.1, 0.15) is 16.2 Å². The van der Waals surface area contributed by atoms with E-state index in [0.717, 1.165) is 22.8 Å². The van der Waals surface area contributed by atoms with E-state index in [1.165, 1.54) is 10.4 Å². The molecule has 0 fully saturated rings. The molecular weight excluding hydrogens is 286 g/mol. The molecule has 0 aromatic carbocycles. The monoisotopic (exact) mass is 297 g/mol. The second-order valence-corrected chi connectivity index (χ2v) is 5.32. The molecule has 0 spiro atoms. The van der Waals surface area contributed by atoms with Crippen LogP contribution in [0.25, 0.3) is 0 Å². The number of nitrogens with zero attached hydrogens (tertiary/aromatic N) is 2. The number of halogens is 1. The first kappa shape index (κ1) is 11.5. The van der Waals surface area contributed by atoms with Crippen molar-refractivity contribution in [2.75, 3.05) is 5.32 Å². The van der Waals surface area contributed by atoms with E-state index in [9.17, 15) is 0 Å². The Morgan fingerprint density at radius 2 is 2.19 bits per heavy atom. The highest BCUT2D eigenvalue weighted by atomic mass is 79.9. The van der Waals surface area contributed by atoms with Gasteiger partial charge in [-0.3, -0.25) is 0 Å². The average Bonchev–Trinajstić information content (AvgIpc) is 2.59. The number of hydrogen-bond donors (Lipinski definition) is 1. The molecule has 0 aliphatic carbocycles. The topological polar surface area (TPSA) is 37.8 Å². The Morgan fingerprint density at radius 1 is 1.38 bits per heavy atom. The quantitative estimate of drug-likeness (QED) is 0.881. The molecule has 2 aromatic heterocycles. The fourth-order valence-electron chi connectivity index (χ4n) is 1.38. The number of hydrogen-bond acceptors (Lipinski definition) is 4. The zero-order valence-corrected chi connectivity index (χ0v) is 11.5. The van der Waals surface area contributed by atoms with Crippen molar-refractivity contribution in [2.45, 2.75) is 20.4 Å². The van der Waals surface area contributed by atoms with Gasteiger partial charge < -0.3 is 5.32 Å². The van der Waals surface area contributed by atoms with Crippen molar-refractivity contribution in [1.29, 1.82) is 0 Å².